The minimum Gasteiger partial charge on any atom is -0.330 e. The number of benzene rings is 1. The van der Waals surface area contributed by atoms with Gasteiger partial charge in [-0.05, 0) is 50.8 Å². The van der Waals surface area contributed by atoms with Crippen molar-refractivity contribution >= 4 is 11.6 Å². The quantitative estimate of drug-likeness (QED) is 0.839. The minimum absolute atomic E-state index is 0.0900. The number of rotatable bonds is 3. The van der Waals surface area contributed by atoms with Crippen LogP contribution in [0.4, 0.5) is 5.69 Å². The second-order valence-electron chi connectivity index (χ2n) is 4.94. The molecular formula is C14H20N2O. The molecule has 1 heterocycles. The van der Waals surface area contributed by atoms with E-state index < -0.39 is 0 Å². The van der Waals surface area contributed by atoms with Crippen LogP contribution in [0.3, 0.4) is 0 Å². The number of hydrogen-bond donors (Lipinski definition) is 2. The first-order valence-corrected chi connectivity index (χ1v) is 6.23. The predicted molar refractivity (Wildman–Crippen MR) is 70.0 cm³/mol. The first kappa shape index (κ1) is 12.1. The van der Waals surface area contributed by atoms with Gasteiger partial charge in [0, 0.05) is 11.6 Å². The van der Waals surface area contributed by atoms with Crippen molar-refractivity contribution < 1.29 is 4.79 Å². The van der Waals surface area contributed by atoms with Gasteiger partial charge in [-0.3, -0.25) is 4.79 Å². The largest absolute Gasteiger partial charge is 0.330 e. The zero-order chi connectivity index (χ0) is 12.4. The topological polar surface area (TPSA) is 55.1 Å². The summed E-state index contributed by atoms with van der Waals surface area (Å²) in [7, 11) is 0. The van der Waals surface area contributed by atoms with Gasteiger partial charge < -0.3 is 11.1 Å². The van der Waals surface area contributed by atoms with Gasteiger partial charge in [0.2, 0.25) is 5.91 Å². The molecule has 2 rings (SSSR count). The Kier molecular flexibility index (Phi) is 3.48. The van der Waals surface area contributed by atoms with Gasteiger partial charge in [0.15, 0.2) is 0 Å². The van der Waals surface area contributed by atoms with E-state index in [1.54, 1.807) is 0 Å². The summed E-state index contributed by atoms with van der Waals surface area (Å²) < 4.78 is 0. The first-order chi connectivity index (χ1) is 8.11. The van der Waals surface area contributed by atoms with Crippen molar-refractivity contribution in [3.05, 3.63) is 28.8 Å². The van der Waals surface area contributed by atoms with Crippen molar-refractivity contribution in [2.24, 2.45) is 11.7 Å². The highest BCUT2D eigenvalue weighted by Gasteiger charge is 2.26. The van der Waals surface area contributed by atoms with E-state index in [2.05, 4.69) is 24.4 Å². The molecule has 3 N–H and O–H groups in total. The Labute approximate surface area is 102 Å². The predicted octanol–water partition coefficient (Wildman–Crippen LogP) is 2.15. The number of hydrogen-bond acceptors (Lipinski definition) is 2. The van der Waals surface area contributed by atoms with E-state index in [1.807, 2.05) is 6.92 Å². The second-order valence-corrected chi connectivity index (χ2v) is 4.94. The van der Waals surface area contributed by atoms with Crippen LogP contribution in [0.25, 0.3) is 0 Å². The van der Waals surface area contributed by atoms with Gasteiger partial charge >= 0.3 is 0 Å². The monoisotopic (exact) mass is 232 g/mol. The molecule has 0 fully saturated rings. The van der Waals surface area contributed by atoms with E-state index in [0.717, 1.165) is 30.5 Å². The van der Waals surface area contributed by atoms with Crippen LogP contribution in [-0.2, 0) is 11.2 Å². The molecule has 1 aromatic rings. The molecule has 0 aromatic heterocycles. The fraction of sp³-hybridized carbons (Fsp3) is 0.500. The van der Waals surface area contributed by atoms with E-state index in [9.17, 15) is 4.79 Å². The van der Waals surface area contributed by atoms with Crippen molar-refractivity contribution in [1.82, 2.24) is 0 Å². The molecule has 0 radical (unpaired) electrons. The lowest BCUT2D eigenvalue weighted by Gasteiger charge is -2.26. The van der Waals surface area contributed by atoms with Crippen LogP contribution in [0, 0.1) is 19.8 Å². The average Bonchev–Trinajstić information content (AvgIpc) is 2.27. The normalized spacial score (nSPS) is 18.8. The zero-order valence-corrected chi connectivity index (χ0v) is 10.5. The molecule has 1 aliphatic rings. The Hall–Kier alpha value is -1.35. The molecule has 92 valence electrons. The Bertz CT molecular complexity index is 440. The van der Waals surface area contributed by atoms with Gasteiger partial charge in [0.05, 0.1) is 0 Å². The van der Waals surface area contributed by atoms with Crippen molar-refractivity contribution in [3.8, 4) is 0 Å². The molecule has 3 nitrogen and oxygen atoms in total. The van der Waals surface area contributed by atoms with Gasteiger partial charge in [0.25, 0.3) is 0 Å². The van der Waals surface area contributed by atoms with Gasteiger partial charge in [-0.1, -0.05) is 17.7 Å². The standard InChI is InChI=1S/C14H20N2O/c1-9-6-10(2)13-12(7-9)8-11(4-3-5-15)14(17)16-13/h6-7,11H,3-5,8,15H2,1-2H3,(H,16,17). The average molecular weight is 232 g/mol. The molecule has 1 aromatic carbocycles. The maximum Gasteiger partial charge on any atom is 0.227 e. The summed E-state index contributed by atoms with van der Waals surface area (Å²) in [5.74, 6) is 0.241. The van der Waals surface area contributed by atoms with Crippen molar-refractivity contribution in [3.63, 3.8) is 0 Å². The summed E-state index contributed by atoms with van der Waals surface area (Å²) in [4.78, 5) is 11.9. The molecule has 3 heteroatoms. The number of carbonyl (C=O) groups is 1. The summed E-state index contributed by atoms with van der Waals surface area (Å²) in [6.07, 6.45) is 2.65. The van der Waals surface area contributed by atoms with Crippen LogP contribution < -0.4 is 11.1 Å². The van der Waals surface area contributed by atoms with E-state index >= 15 is 0 Å². The molecule has 1 amide bonds. The summed E-state index contributed by atoms with van der Waals surface area (Å²) in [5, 5.41) is 3.03. The molecule has 0 spiro atoms. The van der Waals surface area contributed by atoms with E-state index in [0.29, 0.717) is 6.54 Å². The Balaban J connectivity index is 2.24. The number of nitrogens with two attached hydrogens (primary N) is 1. The molecule has 0 aliphatic carbocycles. The third-order valence-electron chi connectivity index (χ3n) is 3.40. The number of nitrogens with one attached hydrogen (secondary N) is 1. The van der Waals surface area contributed by atoms with E-state index in [4.69, 9.17) is 5.73 Å². The fourth-order valence-corrected chi connectivity index (χ4v) is 2.58. The number of anilines is 1. The third-order valence-corrected chi connectivity index (χ3v) is 3.40. The van der Waals surface area contributed by atoms with Gasteiger partial charge in [-0.15, -0.1) is 0 Å². The van der Waals surface area contributed by atoms with Crippen molar-refractivity contribution in [1.29, 1.82) is 0 Å². The third kappa shape index (κ3) is 2.50. The van der Waals surface area contributed by atoms with Gasteiger partial charge in [-0.25, -0.2) is 0 Å². The van der Waals surface area contributed by atoms with Gasteiger partial charge in [0.1, 0.15) is 0 Å². The zero-order valence-electron chi connectivity index (χ0n) is 10.5. The minimum atomic E-state index is 0.0900. The Morgan fingerprint density at radius 1 is 1.41 bits per heavy atom. The molecule has 1 atom stereocenters. The number of amides is 1. The first-order valence-electron chi connectivity index (χ1n) is 6.23. The van der Waals surface area contributed by atoms with Crippen LogP contribution >= 0.6 is 0 Å². The lowest BCUT2D eigenvalue weighted by Crippen LogP contribution is -2.30. The summed E-state index contributed by atoms with van der Waals surface area (Å²) in [5.41, 5.74) is 10.2. The molecule has 17 heavy (non-hydrogen) atoms. The molecule has 1 unspecified atom stereocenters. The lowest BCUT2D eigenvalue weighted by atomic mass is 9.87. The number of fused-ring (bicyclic) bond motifs is 1. The Morgan fingerprint density at radius 2 is 2.18 bits per heavy atom. The summed E-state index contributed by atoms with van der Waals surface area (Å²) in [6, 6.07) is 4.29. The molecule has 1 aliphatic heterocycles. The number of aryl methyl sites for hydroxylation is 2. The molecular weight excluding hydrogens is 212 g/mol. The van der Waals surface area contributed by atoms with E-state index in [1.165, 1.54) is 11.1 Å². The summed E-state index contributed by atoms with van der Waals surface area (Å²) in [6.45, 7) is 4.80. The van der Waals surface area contributed by atoms with Crippen LogP contribution in [0.2, 0.25) is 0 Å². The van der Waals surface area contributed by atoms with E-state index in [-0.39, 0.29) is 11.8 Å². The molecule has 0 bridgehead atoms. The second kappa shape index (κ2) is 4.88. The van der Waals surface area contributed by atoms with Crippen molar-refractivity contribution in [2.45, 2.75) is 33.1 Å². The highest BCUT2D eigenvalue weighted by atomic mass is 16.1. The Morgan fingerprint density at radius 3 is 2.88 bits per heavy atom. The highest BCUT2D eigenvalue weighted by Crippen LogP contribution is 2.31. The van der Waals surface area contributed by atoms with Crippen LogP contribution in [0.5, 0.6) is 0 Å². The smallest absolute Gasteiger partial charge is 0.227 e. The SMILES string of the molecule is Cc1cc(C)c2c(c1)CC(CCCN)C(=O)N2. The fourth-order valence-electron chi connectivity index (χ4n) is 2.58. The summed E-state index contributed by atoms with van der Waals surface area (Å²) >= 11 is 0. The van der Waals surface area contributed by atoms with Gasteiger partial charge in [-0.2, -0.15) is 0 Å². The maximum atomic E-state index is 11.9. The number of carbonyl (C=O) groups excluding carboxylic acids is 1. The highest BCUT2D eigenvalue weighted by molar-refractivity contribution is 5.96. The lowest BCUT2D eigenvalue weighted by molar-refractivity contribution is -0.120. The maximum absolute atomic E-state index is 11.9. The molecule has 0 saturated carbocycles. The van der Waals surface area contributed by atoms with Crippen LogP contribution in [0.1, 0.15) is 29.5 Å². The van der Waals surface area contributed by atoms with Crippen LogP contribution in [0.15, 0.2) is 12.1 Å². The van der Waals surface area contributed by atoms with Crippen molar-refractivity contribution in [2.75, 3.05) is 11.9 Å². The molecule has 0 saturated heterocycles. The van der Waals surface area contributed by atoms with Crippen LogP contribution in [-0.4, -0.2) is 12.5 Å².